The summed E-state index contributed by atoms with van der Waals surface area (Å²) in [6.45, 7) is 1.17. The highest BCUT2D eigenvalue weighted by atomic mass is 16.7. The molecule has 12 nitrogen and oxygen atoms in total. The van der Waals surface area contributed by atoms with Crippen LogP contribution < -0.4 is 5.73 Å². The van der Waals surface area contributed by atoms with E-state index in [0.717, 1.165) is 0 Å². The summed E-state index contributed by atoms with van der Waals surface area (Å²) < 4.78 is 25.8. The van der Waals surface area contributed by atoms with Crippen molar-refractivity contribution >= 4 is 34.8 Å². The zero-order chi connectivity index (χ0) is 32.3. The SMILES string of the molecule is C[C@@]1(OC(=O)c2ccccc2)[C@H](OC(=O)c2ccccc2)[C@@H](COC(=O)c2ccccc2)O[C@H]1n1cc(C#N)c2c(N)ncnc21. The number of carbonyl (C=O) groups excluding carboxylic acids is 3. The van der Waals surface area contributed by atoms with Gasteiger partial charge >= 0.3 is 17.9 Å². The fourth-order valence-corrected chi connectivity index (χ4v) is 5.43. The van der Waals surface area contributed by atoms with Gasteiger partial charge in [0.1, 0.15) is 36.6 Å². The molecule has 5 aromatic rings. The number of ether oxygens (including phenoxy) is 4. The lowest BCUT2D eigenvalue weighted by Gasteiger charge is -2.34. The molecule has 1 aliphatic heterocycles. The van der Waals surface area contributed by atoms with Crippen molar-refractivity contribution in [2.24, 2.45) is 0 Å². The summed E-state index contributed by atoms with van der Waals surface area (Å²) in [5.74, 6) is -2.03. The third kappa shape index (κ3) is 5.62. The second-order valence-corrected chi connectivity index (χ2v) is 10.6. The van der Waals surface area contributed by atoms with Crippen molar-refractivity contribution in [2.45, 2.75) is 31.0 Å². The van der Waals surface area contributed by atoms with E-state index >= 15 is 0 Å². The highest BCUT2D eigenvalue weighted by Gasteiger charge is 2.60. The van der Waals surface area contributed by atoms with Gasteiger partial charge in [-0.05, 0) is 43.3 Å². The zero-order valence-corrected chi connectivity index (χ0v) is 24.5. The standard InChI is InChI=1S/C34H27N5O7/c1-34(46-32(42)23-15-9-4-10-16-23)27(45-31(41)22-13-7-3-8-14-22)25(19-43-30(40)21-11-5-2-6-12-21)44-33(34)39-18-24(17-35)26-28(36)37-20-38-29(26)39/h2-16,18,20,25,27,33H,19H2,1H3,(H2,36,37,38)/t25-,27-,33-,34-/m1/s1. The molecule has 0 unspecified atom stereocenters. The van der Waals surface area contributed by atoms with E-state index in [9.17, 15) is 19.6 Å². The maximum absolute atomic E-state index is 13.6. The summed E-state index contributed by atoms with van der Waals surface area (Å²) in [5.41, 5.74) is 5.49. The number of esters is 3. The van der Waals surface area contributed by atoms with Crippen LogP contribution in [0.5, 0.6) is 0 Å². The normalized spacial score (nSPS) is 20.5. The monoisotopic (exact) mass is 617 g/mol. The van der Waals surface area contributed by atoms with E-state index in [4.69, 9.17) is 24.7 Å². The second kappa shape index (κ2) is 12.5. The molecule has 12 heteroatoms. The first-order valence-electron chi connectivity index (χ1n) is 14.2. The van der Waals surface area contributed by atoms with Crippen LogP contribution in [0.15, 0.2) is 104 Å². The van der Waals surface area contributed by atoms with Gasteiger partial charge in [0.05, 0.1) is 27.6 Å². The molecule has 2 N–H and O–H groups in total. The summed E-state index contributed by atoms with van der Waals surface area (Å²) in [5, 5.41) is 10.2. The number of carbonyl (C=O) groups is 3. The van der Waals surface area contributed by atoms with Crippen LogP contribution in [0.4, 0.5) is 5.82 Å². The summed E-state index contributed by atoms with van der Waals surface area (Å²) in [6, 6.07) is 27.0. The lowest BCUT2D eigenvalue weighted by molar-refractivity contribution is -0.108. The molecular weight excluding hydrogens is 590 g/mol. The number of anilines is 1. The van der Waals surface area contributed by atoms with Crippen LogP contribution in [0.1, 0.15) is 49.8 Å². The summed E-state index contributed by atoms with van der Waals surface area (Å²) >= 11 is 0. The average Bonchev–Trinajstić information content (AvgIpc) is 3.59. The number of fused-ring (bicyclic) bond motifs is 1. The highest BCUT2D eigenvalue weighted by Crippen LogP contribution is 2.45. The lowest BCUT2D eigenvalue weighted by Crippen LogP contribution is -2.50. The number of nitrogens with two attached hydrogens (primary N) is 1. The number of benzene rings is 3. The van der Waals surface area contributed by atoms with Crippen molar-refractivity contribution in [1.82, 2.24) is 14.5 Å². The van der Waals surface area contributed by atoms with Crippen LogP contribution >= 0.6 is 0 Å². The summed E-state index contributed by atoms with van der Waals surface area (Å²) in [4.78, 5) is 48.4. The van der Waals surface area contributed by atoms with Gasteiger partial charge in [-0.2, -0.15) is 5.26 Å². The molecule has 4 atom stereocenters. The Balaban J connectivity index is 1.45. The third-order valence-corrected chi connectivity index (χ3v) is 7.66. The van der Waals surface area contributed by atoms with E-state index in [0.29, 0.717) is 5.56 Å². The number of hydrogen-bond donors (Lipinski definition) is 1. The van der Waals surface area contributed by atoms with Crippen molar-refractivity contribution in [3.63, 3.8) is 0 Å². The molecule has 3 heterocycles. The Morgan fingerprint density at radius 1 is 0.891 bits per heavy atom. The van der Waals surface area contributed by atoms with Crippen LogP contribution in [-0.2, 0) is 18.9 Å². The van der Waals surface area contributed by atoms with Crippen LogP contribution in [0.3, 0.4) is 0 Å². The molecule has 3 aromatic carbocycles. The minimum atomic E-state index is -1.76. The Morgan fingerprint density at radius 3 is 2.04 bits per heavy atom. The molecule has 46 heavy (non-hydrogen) atoms. The van der Waals surface area contributed by atoms with Gasteiger partial charge in [0.15, 0.2) is 17.9 Å². The minimum absolute atomic E-state index is 0.0571. The van der Waals surface area contributed by atoms with E-state index in [1.807, 2.05) is 0 Å². The first-order chi connectivity index (χ1) is 22.3. The number of aromatic nitrogens is 3. The molecule has 0 saturated carbocycles. The molecule has 0 aliphatic carbocycles. The maximum atomic E-state index is 13.6. The van der Waals surface area contributed by atoms with E-state index in [-0.39, 0.29) is 40.1 Å². The highest BCUT2D eigenvalue weighted by molar-refractivity contribution is 5.93. The van der Waals surface area contributed by atoms with Gasteiger partial charge in [-0.1, -0.05) is 54.6 Å². The third-order valence-electron chi connectivity index (χ3n) is 7.66. The Kier molecular flexibility index (Phi) is 8.15. The Bertz CT molecular complexity index is 1940. The van der Waals surface area contributed by atoms with Gasteiger partial charge in [0, 0.05) is 6.20 Å². The Morgan fingerprint density at radius 2 is 1.46 bits per heavy atom. The number of nitrogen functional groups attached to an aromatic ring is 1. The van der Waals surface area contributed by atoms with Crippen LogP contribution in [0, 0.1) is 11.3 Å². The molecule has 0 bridgehead atoms. The number of nitriles is 1. The molecule has 230 valence electrons. The lowest BCUT2D eigenvalue weighted by atomic mass is 9.95. The smallest absolute Gasteiger partial charge is 0.338 e. The summed E-state index contributed by atoms with van der Waals surface area (Å²) in [7, 11) is 0. The maximum Gasteiger partial charge on any atom is 0.338 e. The van der Waals surface area contributed by atoms with E-state index in [1.54, 1.807) is 97.9 Å². The van der Waals surface area contributed by atoms with Gasteiger partial charge in [0.2, 0.25) is 0 Å². The minimum Gasteiger partial charge on any atom is -0.459 e. The molecule has 6 rings (SSSR count). The quantitative estimate of drug-likeness (QED) is 0.192. The van der Waals surface area contributed by atoms with Crippen molar-refractivity contribution in [1.29, 1.82) is 5.26 Å². The Labute approximate surface area is 262 Å². The van der Waals surface area contributed by atoms with Gasteiger partial charge in [-0.15, -0.1) is 0 Å². The molecule has 1 aliphatic rings. The van der Waals surface area contributed by atoms with Gasteiger partial charge in [0.25, 0.3) is 0 Å². The Hall–Kier alpha value is -6.06. The first kappa shape index (κ1) is 30.0. The van der Waals surface area contributed by atoms with E-state index < -0.39 is 41.9 Å². The number of nitrogens with zero attached hydrogens (tertiary/aromatic N) is 4. The van der Waals surface area contributed by atoms with Gasteiger partial charge in [-0.25, -0.2) is 24.4 Å². The second-order valence-electron chi connectivity index (χ2n) is 10.6. The van der Waals surface area contributed by atoms with Crippen LogP contribution in [0.25, 0.3) is 11.0 Å². The predicted octanol–water partition coefficient (Wildman–Crippen LogP) is 4.48. The fraction of sp³-hybridized carbons (Fsp3) is 0.176. The van der Waals surface area contributed by atoms with Crippen molar-refractivity contribution < 1.29 is 33.3 Å². The van der Waals surface area contributed by atoms with E-state index in [2.05, 4.69) is 16.0 Å². The molecule has 2 aromatic heterocycles. The first-order valence-corrected chi connectivity index (χ1v) is 14.2. The number of rotatable bonds is 8. The fourth-order valence-electron chi connectivity index (χ4n) is 5.43. The zero-order valence-electron chi connectivity index (χ0n) is 24.5. The molecule has 0 amide bonds. The molecule has 1 fully saturated rings. The van der Waals surface area contributed by atoms with Crippen molar-refractivity contribution in [3.05, 3.63) is 126 Å². The van der Waals surface area contributed by atoms with Crippen LogP contribution in [0.2, 0.25) is 0 Å². The molecule has 0 spiro atoms. The van der Waals surface area contributed by atoms with Gasteiger partial charge in [-0.3, -0.25) is 0 Å². The predicted molar refractivity (Wildman–Crippen MR) is 163 cm³/mol. The number of hydrogen-bond acceptors (Lipinski definition) is 11. The molecule has 0 radical (unpaired) electrons. The van der Waals surface area contributed by atoms with Gasteiger partial charge < -0.3 is 29.2 Å². The average molecular weight is 618 g/mol. The summed E-state index contributed by atoms with van der Waals surface area (Å²) in [6.07, 6.45) is -1.02. The molecular formula is C34H27N5O7. The largest absolute Gasteiger partial charge is 0.459 e. The van der Waals surface area contributed by atoms with Crippen LogP contribution in [-0.4, -0.2) is 56.9 Å². The molecule has 1 saturated heterocycles. The van der Waals surface area contributed by atoms with E-state index in [1.165, 1.54) is 17.1 Å². The van der Waals surface area contributed by atoms with Crippen molar-refractivity contribution in [2.75, 3.05) is 12.3 Å². The topological polar surface area (TPSA) is 169 Å². The van der Waals surface area contributed by atoms with Crippen molar-refractivity contribution in [3.8, 4) is 6.07 Å².